The number of carbonyl (C=O) groups is 2. The average Bonchev–Trinajstić information content (AvgIpc) is 2.74. The number of ether oxygens (including phenoxy) is 2. The number of rotatable bonds is 6. The SMILES string of the molecule is COC(=O)c1ccccc1NC(=O)c1ccc(Nc2ccc(OC)cc2)nn1. The standard InChI is InChI=1S/C20H18N4O4/c1-27-14-9-7-13(8-10-14)21-18-12-11-17(23-24-18)19(25)22-16-6-4-3-5-15(16)20(26)28-2/h3-12H,1-2H3,(H,21,24)(H,22,25). The monoisotopic (exact) mass is 378 g/mol. The molecule has 142 valence electrons. The molecule has 2 N–H and O–H groups in total. The Kier molecular flexibility index (Phi) is 5.81. The number of anilines is 3. The van der Waals surface area contributed by atoms with Crippen molar-refractivity contribution in [3.05, 3.63) is 71.9 Å². The second-order valence-electron chi connectivity index (χ2n) is 5.65. The van der Waals surface area contributed by atoms with Gasteiger partial charge in [-0.2, -0.15) is 0 Å². The molecule has 0 radical (unpaired) electrons. The second-order valence-corrected chi connectivity index (χ2v) is 5.65. The molecule has 0 fully saturated rings. The fourth-order valence-corrected chi connectivity index (χ4v) is 2.41. The van der Waals surface area contributed by atoms with Crippen LogP contribution in [0, 0.1) is 0 Å². The Balaban J connectivity index is 1.69. The normalized spacial score (nSPS) is 10.1. The number of nitrogens with one attached hydrogen (secondary N) is 2. The minimum atomic E-state index is -0.541. The number of aromatic nitrogens is 2. The molecule has 3 aromatic rings. The first-order valence-corrected chi connectivity index (χ1v) is 8.34. The first kappa shape index (κ1) is 18.8. The molecule has 3 rings (SSSR count). The maximum atomic E-state index is 12.4. The van der Waals surface area contributed by atoms with Crippen molar-refractivity contribution in [3.8, 4) is 5.75 Å². The molecule has 0 unspecified atom stereocenters. The zero-order chi connectivity index (χ0) is 19.9. The van der Waals surface area contributed by atoms with Crippen molar-refractivity contribution in [3.63, 3.8) is 0 Å². The van der Waals surface area contributed by atoms with E-state index in [1.54, 1.807) is 37.4 Å². The summed E-state index contributed by atoms with van der Waals surface area (Å²) in [6.45, 7) is 0. The number of esters is 1. The van der Waals surface area contributed by atoms with Crippen molar-refractivity contribution >= 4 is 29.1 Å². The van der Waals surface area contributed by atoms with Crippen molar-refractivity contribution in [1.82, 2.24) is 10.2 Å². The van der Waals surface area contributed by atoms with E-state index < -0.39 is 11.9 Å². The maximum Gasteiger partial charge on any atom is 0.339 e. The molecule has 1 aromatic heterocycles. The molecule has 0 saturated carbocycles. The van der Waals surface area contributed by atoms with Crippen molar-refractivity contribution in [2.75, 3.05) is 24.9 Å². The molecule has 8 heteroatoms. The quantitative estimate of drug-likeness (QED) is 0.635. The maximum absolute atomic E-state index is 12.4. The molecule has 0 bridgehead atoms. The largest absolute Gasteiger partial charge is 0.497 e. The number of carbonyl (C=O) groups excluding carboxylic acids is 2. The molecule has 8 nitrogen and oxygen atoms in total. The van der Waals surface area contributed by atoms with Crippen LogP contribution < -0.4 is 15.4 Å². The fraction of sp³-hybridized carbons (Fsp3) is 0.100. The third kappa shape index (κ3) is 4.42. The van der Waals surface area contributed by atoms with Crippen molar-refractivity contribution < 1.29 is 19.1 Å². The molecule has 2 aromatic carbocycles. The number of methoxy groups -OCH3 is 2. The molecular formula is C20H18N4O4. The van der Waals surface area contributed by atoms with Crippen molar-refractivity contribution in [2.24, 2.45) is 0 Å². The lowest BCUT2D eigenvalue weighted by Gasteiger charge is -2.09. The van der Waals surface area contributed by atoms with Gasteiger partial charge in [-0.1, -0.05) is 12.1 Å². The molecule has 1 amide bonds. The van der Waals surface area contributed by atoms with Gasteiger partial charge in [0.05, 0.1) is 25.5 Å². The Morgan fingerprint density at radius 3 is 2.29 bits per heavy atom. The Hall–Kier alpha value is -3.94. The van der Waals surface area contributed by atoms with Crippen LogP contribution in [0.4, 0.5) is 17.2 Å². The summed E-state index contributed by atoms with van der Waals surface area (Å²) in [4.78, 5) is 24.2. The van der Waals surface area contributed by atoms with E-state index in [1.807, 2.05) is 24.3 Å². The van der Waals surface area contributed by atoms with Gasteiger partial charge in [0.15, 0.2) is 11.5 Å². The van der Waals surface area contributed by atoms with Crippen LogP contribution in [0.2, 0.25) is 0 Å². The van der Waals surface area contributed by atoms with E-state index in [0.29, 0.717) is 11.5 Å². The Labute approximate surface area is 161 Å². The van der Waals surface area contributed by atoms with Crippen LogP contribution in [0.15, 0.2) is 60.7 Å². The third-order valence-electron chi connectivity index (χ3n) is 3.84. The summed E-state index contributed by atoms with van der Waals surface area (Å²) in [6, 6.07) is 17.0. The van der Waals surface area contributed by atoms with Crippen LogP contribution in [-0.4, -0.2) is 36.3 Å². The van der Waals surface area contributed by atoms with E-state index in [0.717, 1.165) is 11.4 Å². The van der Waals surface area contributed by atoms with Crippen molar-refractivity contribution in [2.45, 2.75) is 0 Å². The van der Waals surface area contributed by atoms with Gasteiger partial charge in [-0.05, 0) is 48.5 Å². The van der Waals surface area contributed by atoms with E-state index in [4.69, 9.17) is 9.47 Å². The van der Waals surface area contributed by atoms with Gasteiger partial charge in [0.2, 0.25) is 0 Å². The van der Waals surface area contributed by atoms with Gasteiger partial charge in [-0.25, -0.2) is 4.79 Å². The van der Waals surface area contributed by atoms with Crippen LogP contribution in [0.1, 0.15) is 20.8 Å². The first-order chi connectivity index (χ1) is 13.6. The zero-order valence-electron chi connectivity index (χ0n) is 15.3. The highest BCUT2D eigenvalue weighted by molar-refractivity contribution is 6.07. The first-order valence-electron chi connectivity index (χ1n) is 8.34. The van der Waals surface area contributed by atoms with E-state index in [9.17, 15) is 9.59 Å². The third-order valence-corrected chi connectivity index (χ3v) is 3.84. The number of nitrogens with zero attached hydrogens (tertiary/aromatic N) is 2. The number of hydrogen-bond acceptors (Lipinski definition) is 7. The minimum absolute atomic E-state index is 0.111. The Morgan fingerprint density at radius 2 is 1.64 bits per heavy atom. The van der Waals surface area contributed by atoms with Gasteiger partial charge >= 0.3 is 5.97 Å². The van der Waals surface area contributed by atoms with Gasteiger partial charge in [0.1, 0.15) is 5.75 Å². The molecule has 0 saturated heterocycles. The smallest absolute Gasteiger partial charge is 0.339 e. The average molecular weight is 378 g/mol. The van der Waals surface area contributed by atoms with Gasteiger partial charge in [-0.3, -0.25) is 4.79 Å². The molecule has 28 heavy (non-hydrogen) atoms. The van der Waals surface area contributed by atoms with Crippen LogP contribution in [-0.2, 0) is 4.74 Å². The summed E-state index contributed by atoms with van der Waals surface area (Å²) < 4.78 is 9.83. The van der Waals surface area contributed by atoms with Crippen LogP contribution in [0.5, 0.6) is 5.75 Å². The summed E-state index contributed by atoms with van der Waals surface area (Å²) in [7, 11) is 2.88. The number of para-hydroxylation sites is 1. The van der Waals surface area contributed by atoms with Crippen LogP contribution in [0.3, 0.4) is 0 Å². The fourth-order valence-electron chi connectivity index (χ4n) is 2.41. The molecule has 0 aliphatic rings. The highest BCUT2D eigenvalue weighted by atomic mass is 16.5. The Bertz CT molecular complexity index is 972. The van der Waals surface area contributed by atoms with E-state index in [1.165, 1.54) is 13.2 Å². The highest BCUT2D eigenvalue weighted by Gasteiger charge is 2.15. The zero-order valence-corrected chi connectivity index (χ0v) is 15.3. The number of amides is 1. The van der Waals surface area contributed by atoms with Gasteiger partial charge in [-0.15, -0.1) is 10.2 Å². The van der Waals surface area contributed by atoms with Gasteiger partial charge in [0.25, 0.3) is 5.91 Å². The summed E-state index contributed by atoms with van der Waals surface area (Å²) >= 11 is 0. The predicted octanol–water partition coefficient (Wildman–Crippen LogP) is 3.27. The second kappa shape index (κ2) is 8.63. The number of hydrogen-bond donors (Lipinski definition) is 2. The van der Waals surface area contributed by atoms with Gasteiger partial charge < -0.3 is 20.1 Å². The molecule has 0 atom stereocenters. The molecule has 0 aliphatic heterocycles. The van der Waals surface area contributed by atoms with E-state index in [-0.39, 0.29) is 11.3 Å². The molecule has 0 spiro atoms. The predicted molar refractivity (Wildman–Crippen MR) is 104 cm³/mol. The summed E-state index contributed by atoms with van der Waals surface area (Å²) in [5, 5.41) is 13.7. The van der Waals surface area contributed by atoms with Gasteiger partial charge in [0, 0.05) is 5.69 Å². The summed E-state index contributed by atoms with van der Waals surface area (Å²) in [6.07, 6.45) is 0. The lowest BCUT2D eigenvalue weighted by Crippen LogP contribution is -2.17. The summed E-state index contributed by atoms with van der Waals surface area (Å²) in [5.74, 6) is 0.202. The van der Waals surface area contributed by atoms with Crippen molar-refractivity contribution in [1.29, 1.82) is 0 Å². The Morgan fingerprint density at radius 1 is 0.893 bits per heavy atom. The molecule has 0 aliphatic carbocycles. The van der Waals surface area contributed by atoms with Crippen LogP contribution >= 0.6 is 0 Å². The lowest BCUT2D eigenvalue weighted by atomic mass is 10.1. The topological polar surface area (TPSA) is 102 Å². The summed E-state index contributed by atoms with van der Waals surface area (Å²) in [5.41, 5.74) is 1.50. The number of benzene rings is 2. The van der Waals surface area contributed by atoms with E-state index >= 15 is 0 Å². The molecular weight excluding hydrogens is 360 g/mol. The minimum Gasteiger partial charge on any atom is -0.497 e. The highest BCUT2D eigenvalue weighted by Crippen LogP contribution is 2.19. The van der Waals surface area contributed by atoms with Crippen LogP contribution in [0.25, 0.3) is 0 Å². The molecule has 1 heterocycles. The van der Waals surface area contributed by atoms with E-state index in [2.05, 4.69) is 20.8 Å². The lowest BCUT2D eigenvalue weighted by molar-refractivity contribution is 0.0602.